The summed E-state index contributed by atoms with van der Waals surface area (Å²) in [6.45, 7) is 2.14. The molecule has 0 aromatic heterocycles. The fourth-order valence-electron chi connectivity index (χ4n) is 2.12. The van der Waals surface area contributed by atoms with Crippen LogP contribution in [0.25, 0.3) is 0 Å². The largest absolute Gasteiger partial charge is 0.384 e. The van der Waals surface area contributed by atoms with Crippen molar-refractivity contribution in [1.82, 2.24) is 0 Å². The standard InChI is InChI=1S/C16H16Cl2O/c1-2-5-11-6-3-7-12(10-11)16(19)13-8-4-9-14(17)15(13)18/h3-4,6-10,16,19H,2,5H2,1H3. The summed E-state index contributed by atoms with van der Waals surface area (Å²) in [7, 11) is 0. The zero-order valence-corrected chi connectivity index (χ0v) is 12.2. The van der Waals surface area contributed by atoms with Gasteiger partial charge in [-0.15, -0.1) is 0 Å². The molecule has 0 radical (unpaired) electrons. The van der Waals surface area contributed by atoms with Gasteiger partial charge < -0.3 is 5.11 Å². The average molecular weight is 295 g/mol. The van der Waals surface area contributed by atoms with Gasteiger partial charge in [-0.2, -0.15) is 0 Å². The highest BCUT2D eigenvalue weighted by Gasteiger charge is 2.15. The molecule has 1 unspecified atom stereocenters. The van der Waals surface area contributed by atoms with E-state index in [4.69, 9.17) is 23.2 Å². The molecule has 100 valence electrons. The van der Waals surface area contributed by atoms with E-state index < -0.39 is 6.10 Å². The highest BCUT2D eigenvalue weighted by Crippen LogP contribution is 2.33. The van der Waals surface area contributed by atoms with E-state index in [-0.39, 0.29) is 0 Å². The number of rotatable bonds is 4. The Balaban J connectivity index is 2.35. The van der Waals surface area contributed by atoms with E-state index in [9.17, 15) is 5.11 Å². The van der Waals surface area contributed by atoms with Crippen molar-refractivity contribution in [2.45, 2.75) is 25.9 Å². The molecule has 0 saturated heterocycles. The number of aryl methyl sites for hydroxylation is 1. The lowest BCUT2D eigenvalue weighted by Gasteiger charge is -2.15. The summed E-state index contributed by atoms with van der Waals surface area (Å²) in [4.78, 5) is 0. The molecule has 0 amide bonds. The van der Waals surface area contributed by atoms with E-state index in [1.54, 1.807) is 18.2 Å². The second-order valence-corrected chi connectivity index (χ2v) is 5.33. The Kier molecular flexibility index (Phi) is 4.87. The molecule has 0 bridgehead atoms. The maximum absolute atomic E-state index is 10.4. The molecule has 0 saturated carbocycles. The number of hydrogen-bond acceptors (Lipinski definition) is 1. The SMILES string of the molecule is CCCc1cccc(C(O)c2cccc(Cl)c2Cl)c1. The molecule has 19 heavy (non-hydrogen) atoms. The Morgan fingerprint density at radius 2 is 1.84 bits per heavy atom. The minimum atomic E-state index is -0.747. The number of hydrogen-bond donors (Lipinski definition) is 1. The zero-order chi connectivity index (χ0) is 13.8. The Labute approximate surface area is 123 Å². The fourth-order valence-corrected chi connectivity index (χ4v) is 2.53. The molecule has 0 aliphatic heterocycles. The molecule has 1 nitrogen and oxygen atoms in total. The van der Waals surface area contributed by atoms with Gasteiger partial charge in [-0.3, -0.25) is 0 Å². The van der Waals surface area contributed by atoms with Crippen molar-refractivity contribution in [3.8, 4) is 0 Å². The molecule has 3 heteroatoms. The maximum atomic E-state index is 10.4. The van der Waals surface area contributed by atoms with Gasteiger partial charge in [0.2, 0.25) is 0 Å². The summed E-state index contributed by atoms with van der Waals surface area (Å²) in [5, 5.41) is 11.3. The lowest BCUT2D eigenvalue weighted by atomic mass is 9.98. The zero-order valence-electron chi connectivity index (χ0n) is 10.7. The lowest BCUT2D eigenvalue weighted by Crippen LogP contribution is -2.01. The molecule has 0 spiro atoms. The topological polar surface area (TPSA) is 20.2 Å². The van der Waals surface area contributed by atoms with Gasteiger partial charge in [-0.25, -0.2) is 0 Å². The molecular formula is C16H16Cl2O. The van der Waals surface area contributed by atoms with Crippen LogP contribution >= 0.6 is 23.2 Å². The van der Waals surface area contributed by atoms with Gasteiger partial charge in [0.15, 0.2) is 0 Å². The summed E-state index contributed by atoms with van der Waals surface area (Å²) in [6, 6.07) is 13.3. The third kappa shape index (κ3) is 3.30. The summed E-state index contributed by atoms with van der Waals surface area (Å²) in [6.07, 6.45) is 1.34. The van der Waals surface area contributed by atoms with E-state index in [1.165, 1.54) is 5.56 Å². The monoisotopic (exact) mass is 294 g/mol. The van der Waals surface area contributed by atoms with Crippen molar-refractivity contribution >= 4 is 23.2 Å². The Hall–Kier alpha value is -1.02. The first-order valence-electron chi connectivity index (χ1n) is 6.34. The van der Waals surface area contributed by atoms with Crippen LogP contribution in [0.3, 0.4) is 0 Å². The first kappa shape index (κ1) is 14.4. The summed E-state index contributed by atoms with van der Waals surface area (Å²) < 4.78 is 0. The van der Waals surface area contributed by atoms with Crippen molar-refractivity contribution < 1.29 is 5.11 Å². The highest BCUT2D eigenvalue weighted by molar-refractivity contribution is 6.42. The fraction of sp³-hybridized carbons (Fsp3) is 0.250. The van der Waals surface area contributed by atoms with Gasteiger partial charge in [-0.1, -0.05) is 72.9 Å². The van der Waals surface area contributed by atoms with Gasteiger partial charge in [0.05, 0.1) is 10.0 Å². The second kappa shape index (κ2) is 6.42. The third-order valence-electron chi connectivity index (χ3n) is 3.08. The number of aliphatic hydroxyl groups excluding tert-OH is 1. The predicted molar refractivity (Wildman–Crippen MR) is 81.0 cm³/mol. The molecule has 0 heterocycles. The number of aliphatic hydroxyl groups is 1. The van der Waals surface area contributed by atoms with E-state index >= 15 is 0 Å². The van der Waals surface area contributed by atoms with E-state index in [0.29, 0.717) is 15.6 Å². The maximum Gasteiger partial charge on any atom is 0.106 e. The Morgan fingerprint density at radius 3 is 2.58 bits per heavy atom. The van der Waals surface area contributed by atoms with Crippen LogP contribution in [0.1, 0.15) is 36.1 Å². The predicted octanol–water partition coefficient (Wildman–Crippen LogP) is 5.03. The molecule has 1 N–H and O–H groups in total. The molecule has 0 aliphatic carbocycles. The van der Waals surface area contributed by atoms with E-state index in [0.717, 1.165) is 18.4 Å². The van der Waals surface area contributed by atoms with Crippen LogP contribution in [0, 0.1) is 0 Å². The normalized spacial score (nSPS) is 12.4. The van der Waals surface area contributed by atoms with Crippen LogP contribution in [-0.4, -0.2) is 5.11 Å². The molecule has 2 aromatic rings. The first-order valence-corrected chi connectivity index (χ1v) is 7.10. The molecule has 2 aromatic carbocycles. The van der Waals surface area contributed by atoms with Crippen molar-refractivity contribution in [2.75, 3.05) is 0 Å². The van der Waals surface area contributed by atoms with Crippen LogP contribution in [0.5, 0.6) is 0 Å². The van der Waals surface area contributed by atoms with Crippen molar-refractivity contribution in [2.24, 2.45) is 0 Å². The minimum Gasteiger partial charge on any atom is -0.384 e. The first-order chi connectivity index (χ1) is 9.13. The van der Waals surface area contributed by atoms with Crippen molar-refractivity contribution in [3.05, 3.63) is 69.2 Å². The Bertz CT molecular complexity index is 566. The van der Waals surface area contributed by atoms with E-state index in [2.05, 4.69) is 13.0 Å². The average Bonchev–Trinajstić information content (AvgIpc) is 2.42. The van der Waals surface area contributed by atoms with Crippen LogP contribution < -0.4 is 0 Å². The lowest BCUT2D eigenvalue weighted by molar-refractivity contribution is 0.220. The van der Waals surface area contributed by atoms with Gasteiger partial charge in [0.25, 0.3) is 0 Å². The highest BCUT2D eigenvalue weighted by atomic mass is 35.5. The molecule has 0 fully saturated rings. The third-order valence-corrected chi connectivity index (χ3v) is 3.92. The van der Waals surface area contributed by atoms with Crippen molar-refractivity contribution in [3.63, 3.8) is 0 Å². The quantitative estimate of drug-likeness (QED) is 0.839. The van der Waals surface area contributed by atoms with Gasteiger partial charge >= 0.3 is 0 Å². The van der Waals surface area contributed by atoms with Gasteiger partial charge in [0, 0.05) is 5.56 Å². The smallest absolute Gasteiger partial charge is 0.106 e. The Morgan fingerprint density at radius 1 is 1.11 bits per heavy atom. The molecule has 2 rings (SSSR count). The summed E-state index contributed by atoms with van der Waals surface area (Å²) in [5.74, 6) is 0. The van der Waals surface area contributed by atoms with E-state index in [1.807, 2.05) is 18.2 Å². The van der Waals surface area contributed by atoms with Crippen LogP contribution in [0.2, 0.25) is 10.0 Å². The summed E-state index contributed by atoms with van der Waals surface area (Å²) >= 11 is 12.1. The molecule has 1 atom stereocenters. The number of benzene rings is 2. The number of halogens is 2. The van der Waals surface area contributed by atoms with Gasteiger partial charge in [0.1, 0.15) is 6.10 Å². The second-order valence-electron chi connectivity index (χ2n) is 4.54. The van der Waals surface area contributed by atoms with Crippen LogP contribution in [0.15, 0.2) is 42.5 Å². The van der Waals surface area contributed by atoms with Crippen molar-refractivity contribution in [1.29, 1.82) is 0 Å². The minimum absolute atomic E-state index is 0.414. The molecule has 0 aliphatic rings. The van der Waals surface area contributed by atoms with Crippen LogP contribution in [0.4, 0.5) is 0 Å². The molecular weight excluding hydrogens is 279 g/mol. The summed E-state index contributed by atoms with van der Waals surface area (Å²) in [5.41, 5.74) is 2.70. The van der Waals surface area contributed by atoms with Crippen LogP contribution in [-0.2, 0) is 6.42 Å². The van der Waals surface area contributed by atoms with Gasteiger partial charge in [-0.05, 0) is 23.6 Å².